The number of aromatic nitrogens is 3. The Hall–Kier alpha value is -2.96. The van der Waals surface area contributed by atoms with Crippen LogP contribution in [0.25, 0.3) is 5.65 Å². The standard InChI is InChI=1S/C19H20FN5O/c1-12-2-5-16-23-17(18(20)25(16)10-12)19(26)24-7-6-14(11-24)8-13-3-4-15(21)22-9-13/h2-5,9-10,14H,6-8,11H2,1H3,(H2,21,22). The monoisotopic (exact) mass is 353 g/mol. The first kappa shape index (κ1) is 16.5. The van der Waals surface area contributed by atoms with Gasteiger partial charge in [0.15, 0.2) is 5.69 Å². The first-order valence-corrected chi connectivity index (χ1v) is 8.65. The lowest BCUT2D eigenvalue weighted by Gasteiger charge is -2.15. The molecule has 0 aliphatic carbocycles. The molecule has 1 aliphatic heterocycles. The van der Waals surface area contributed by atoms with E-state index in [9.17, 15) is 9.18 Å². The Kier molecular flexibility index (Phi) is 4.06. The number of anilines is 1. The van der Waals surface area contributed by atoms with E-state index in [1.165, 1.54) is 4.40 Å². The van der Waals surface area contributed by atoms with Crippen molar-refractivity contribution >= 4 is 17.4 Å². The molecule has 0 spiro atoms. The Morgan fingerprint density at radius 3 is 2.96 bits per heavy atom. The molecule has 134 valence electrons. The highest BCUT2D eigenvalue weighted by molar-refractivity contribution is 5.93. The fourth-order valence-electron chi connectivity index (χ4n) is 3.48. The Labute approximate surface area is 150 Å². The van der Waals surface area contributed by atoms with E-state index >= 15 is 0 Å². The van der Waals surface area contributed by atoms with Gasteiger partial charge in [-0.2, -0.15) is 4.39 Å². The van der Waals surface area contributed by atoms with E-state index in [-0.39, 0.29) is 11.6 Å². The number of carbonyl (C=O) groups excluding carboxylic acids is 1. The molecule has 0 bridgehead atoms. The maximum Gasteiger partial charge on any atom is 0.277 e. The fraction of sp³-hybridized carbons (Fsp3) is 0.316. The van der Waals surface area contributed by atoms with Gasteiger partial charge in [0.05, 0.1) is 0 Å². The van der Waals surface area contributed by atoms with E-state index < -0.39 is 5.95 Å². The minimum absolute atomic E-state index is 0.106. The van der Waals surface area contributed by atoms with Gasteiger partial charge in [0, 0.05) is 25.5 Å². The molecular weight excluding hydrogens is 333 g/mol. The number of likely N-dealkylation sites (tertiary alicyclic amines) is 1. The van der Waals surface area contributed by atoms with Crippen LogP contribution < -0.4 is 5.73 Å². The number of pyridine rings is 2. The molecule has 4 heterocycles. The van der Waals surface area contributed by atoms with Crippen LogP contribution in [0.5, 0.6) is 0 Å². The lowest BCUT2D eigenvalue weighted by Crippen LogP contribution is -2.30. The van der Waals surface area contributed by atoms with Crippen LogP contribution in [0.4, 0.5) is 10.2 Å². The molecule has 0 saturated carbocycles. The van der Waals surface area contributed by atoms with Crippen molar-refractivity contribution < 1.29 is 9.18 Å². The second-order valence-electron chi connectivity index (χ2n) is 6.89. The molecule has 26 heavy (non-hydrogen) atoms. The number of hydrogen-bond donors (Lipinski definition) is 1. The van der Waals surface area contributed by atoms with Crippen LogP contribution in [0.1, 0.15) is 28.0 Å². The molecule has 1 atom stereocenters. The van der Waals surface area contributed by atoms with Gasteiger partial charge in [0.1, 0.15) is 11.5 Å². The zero-order chi connectivity index (χ0) is 18.3. The minimum atomic E-state index is -0.597. The number of nitrogens with two attached hydrogens (primary N) is 1. The number of hydrogen-bond acceptors (Lipinski definition) is 4. The molecule has 1 unspecified atom stereocenters. The van der Waals surface area contributed by atoms with E-state index in [1.54, 1.807) is 29.4 Å². The topological polar surface area (TPSA) is 76.5 Å². The maximum absolute atomic E-state index is 14.6. The molecule has 1 saturated heterocycles. The van der Waals surface area contributed by atoms with Crippen LogP contribution in [-0.2, 0) is 6.42 Å². The van der Waals surface area contributed by atoms with Gasteiger partial charge in [-0.1, -0.05) is 12.1 Å². The van der Waals surface area contributed by atoms with E-state index in [1.807, 2.05) is 19.1 Å². The summed E-state index contributed by atoms with van der Waals surface area (Å²) >= 11 is 0. The van der Waals surface area contributed by atoms with Crippen molar-refractivity contribution in [3.63, 3.8) is 0 Å². The summed E-state index contributed by atoms with van der Waals surface area (Å²) in [4.78, 5) is 22.7. The van der Waals surface area contributed by atoms with Crippen molar-refractivity contribution in [2.24, 2.45) is 5.92 Å². The smallest absolute Gasteiger partial charge is 0.277 e. The summed E-state index contributed by atoms with van der Waals surface area (Å²) in [5.41, 5.74) is 7.95. The van der Waals surface area contributed by atoms with Crippen LogP contribution >= 0.6 is 0 Å². The molecule has 7 heteroatoms. The zero-order valence-electron chi connectivity index (χ0n) is 14.5. The largest absolute Gasteiger partial charge is 0.384 e. The first-order chi connectivity index (χ1) is 12.5. The highest BCUT2D eigenvalue weighted by Gasteiger charge is 2.30. The SMILES string of the molecule is Cc1ccc2nc(C(=O)N3CCC(Cc4ccc(N)nc4)C3)c(F)n2c1. The molecule has 1 amide bonds. The molecule has 6 nitrogen and oxygen atoms in total. The summed E-state index contributed by atoms with van der Waals surface area (Å²) in [6, 6.07) is 7.30. The maximum atomic E-state index is 14.6. The molecule has 4 rings (SSSR count). The van der Waals surface area contributed by atoms with Crippen molar-refractivity contribution in [3.8, 4) is 0 Å². The predicted octanol–water partition coefficient (Wildman–Crippen LogP) is 2.46. The molecular formula is C19H20FN5O. The van der Waals surface area contributed by atoms with Crippen molar-refractivity contribution in [1.29, 1.82) is 0 Å². The van der Waals surface area contributed by atoms with Gasteiger partial charge in [0.25, 0.3) is 5.91 Å². The van der Waals surface area contributed by atoms with E-state index in [0.29, 0.717) is 30.5 Å². The summed E-state index contributed by atoms with van der Waals surface area (Å²) in [6.45, 7) is 3.07. The normalized spacial score (nSPS) is 17.2. The van der Waals surface area contributed by atoms with Gasteiger partial charge >= 0.3 is 0 Å². The van der Waals surface area contributed by atoms with Crippen LogP contribution in [0.15, 0.2) is 36.7 Å². The van der Waals surface area contributed by atoms with Crippen molar-refractivity contribution in [3.05, 3.63) is 59.4 Å². The lowest BCUT2D eigenvalue weighted by atomic mass is 10.00. The van der Waals surface area contributed by atoms with E-state index in [2.05, 4.69) is 9.97 Å². The third-order valence-electron chi connectivity index (χ3n) is 4.86. The van der Waals surface area contributed by atoms with Crippen LogP contribution in [0.2, 0.25) is 0 Å². The van der Waals surface area contributed by atoms with Crippen molar-refractivity contribution in [1.82, 2.24) is 19.3 Å². The molecule has 2 N–H and O–H groups in total. The number of rotatable bonds is 3. The summed E-state index contributed by atoms with van der Waals surface area (Å²) < 4.78 is 16.0. The number of imidazole rings is 1. The van der Waals surface area contributed by atoms with Gasteiger partial charge in [-0.05, 0) is 48.9 Å². The number of amides is 1. The zero-order valence-corrected chi connectivity index (χ0v) is 14.5. The summed E-state index contributed by atoms with van der Waals surface area (Å²) in [5, 5.41) is 0. The lowest BCUT2D eigenvalue weighted by molar-refractivity contribution is 0.0776. The first-order valence-electron chi connectivity index (χ1n) is 8.65. The molecule has 3 aromatic rings. The third-order valence-corrected chi connectivity index (χ3v) is 4.86. The average molecular weight is 353 g/mol. The number of fused-ring (bicyclic) bond motifs is 1. The third kappa shape index (κ3) is 3.00. The molecule has 3 aromatic heterocycles. The summed E-state index contributed by atoms with van der Waals surface area (Å²) in [7, 11) is 0. The second-order valence-corrected chi connectivity index (χ2v) is 6.89. The second kappa shape index (κ2) is 6.40. The van der Waals surface area contributed by atoms with Crippen molar-refractivity contribution in [2.75, 3.05) is 18.8 Å². The van der Waals surface area contributed by atoms with Crippen molar-refractivity contribution in [2.45, 2.75) is 19.8 Å². The van der Waals surface area contributed by atoms with Gasteiger partial charge in [-0.15, -0.1) is 0 Å². The Bertz CT molecular complexity index is 966. The van der Waals surface area contributed by atoms with Gasteiger partial charge < -0.3 is 10.6 Å². The van der Waals surface area contributed by atoms with Crippen LogP contribution in [-0.4, -0.2) is 38.3 Å². The Morgan fingerprint density at radius 2 is 2.19 bits per heavy atom. The van der Waals surface area contributed by atoms with Crippen LogP contribution in [0.3, 0.4) is 0 Å². The molecule has 0 radical (unpaired) electrons. The molecule has 1 fully saturated rings. The Morgan fingerprint density at radius 1 is 1.35 bits per heavy atom. The number of aryl methyl sites for hydroxylation is 1. The highest BCUT2D eigenvalue weighted by atomic mass is 19.1. The minimum Gasteiger partial charge on any atom is -0.384 e. The number of halogens is 1. The predicted molar refractivity (Wildman–Crippen MR) is 96.3 cm³/mol. The Balaban J connectivity index is 1.49. The quantitative estimate of drug-likeness (QED) is 0.785. The highest BCUT2D eigenvalue weighted by Crippen LogP contribution is 2.23. The van der Waals surface area contributed by atoms with E-state index in [4.69, 9.17) is 5.73 Å². The molecule has 0 aromatic carbocycles. The van der Waals surface area contributed by atoms with Gasteiger partial charge in [0.2, 0.25) is 5.95 Å². The number of nitrogen functional groups attached to an aromatic ring is 1. The summed E-state index contributed by atoms with van der Waals surface area (Å²) in [5.74, 6) is -0.122. The molecule has 1 aliphatic rings. The fourth-order valence-corrected chi connectivity index (χ4v) is 3.48. The number of nitrogens with zero attached hydrogens (tertiary/aromatic N) is 4. The number of carbonyl (C=O) groups is 1. The van der Waals surface area contributed by atoms with Gasteiger partial charge in [-0.25, -0.2) is 9.97 Å². The summed E-state index contributed by atoms with van der Waals surface area (Å²) in [6.07, 6.45) is 5.12. The average Bonchev–Trinajstić information content (AvgIpc) is 3.22. The van der Waals surface area contributed by atoms with E-state index in [0.717, 1.165) is 24.0 Å². The van der Waals surface area contributed by atoms with Crippen LogP contribution in [0, 0.1) is 18.8 Å². The van der Waals surface area contributed by atoms with Gasteiger partial charge in [-0.3, -0.25) is 9.20 Å².